The zero-order chi connectivity index (χ0) is 17.9. The highest BCUT2D eigenvalue weighted by atomic mass is 32.1. The van der Waals surface area contributed by atoms with Crippen molar-refractivity contribution in [2.75, 3.05) is 0 Å². The number of carbonyl (C=O) groups excluding carboxylic acids is 1. The van der Waals surface area contributed by atoms with Crippen molar-refractivity contribution in [1.82, 2.24) is 25.2 Å². The molecule has 0 fully saturated rings. The molecule has 7 nitrogen and oxygen atoms in total. The zero-order valence-electron chi connectivity index (χ0n) is 13.9. The summed E-state index contributed by atoms with van der Waals surface area (Å²) < 4.78 is 6.76. The number of benzene rings is 1. The van der Waals surface area contributed by atoms with Crippen LogP contribution in [0.2, 0.25) is 0 Å². The van der Waals surface area contributed by atoms with E-state index in [0.29, 0.717) is 23.7 Å². The van der Waals surface area contributed by atoms with Crippen LogP contribution >= 0.6 is 11.3 Å². The fourth-order valence-corrected chi connectivity index (χ4v) is 3.20. The summed E-state index contributed by atoms with van der Waals surface area (Å²) in [6.45, 7) is 2.11. The quantitative estimate of drug-likeness (QED) is 0.587. The molecule has 0 spiro atoms. The number of para-hydroxylation sites is 1. The number of nitrogens with one attached hydrogen (secondary N) is 1. The zero-order valence-corrected chi connectivity index (χ0v) is 14.7. The lowest BCUT2D eigenvalue weighted by molar-refractivity contribution is 0.0946. The molecule has 0 saturated carbocycles. The van der Waals surface area contributed by atoms with Crippen molar-refractivity contribution >= 4 is 17.2 Å². The third-order valence-corrected chi connectivity index (χ3v) is 4.59. The molecule has 4 rings (SSSR count). The number of nitrogens with zero attached hydrogens (tertiary/aromatic N) is 4. The predicted molar refractivity (Wildman–Crippen MR) is 97.1 cm³/mol. The molecule has 0 radical (unpaired) electrons. The molecule has 1 aromatic carbocycles. The minimum Gasteiger partial charge on any atom is -0.361 e. The Morgan fingerprint density at radius 3 is 2.92 bits per heavy atom. The van der Waals surface area contributed by atoms with E-state index in [4.69, 9.17) is 4.52 Å². The van der Waals surface area contributed by atoms with Gasteiger partial charge in [-0.2, -0.15) is 5.10 Å². The van der Waals surface area contributed by atoms with Gasteiger partial charge in [-0.25, -0.2) is 9.67 Å². The van der Waals surface area contributed by atoms with Crippen LogP contribution in [0.15, 0.2) is 58.7 Å². The molecule has 26 heavy (non-hydrogen) atoms. The first-order chi connectivity index (χ1) is 12.7. The van der Waals surface area contributed by atoms with Crippen LogP contribution in [0.25, 0.3) is 16.3 Å². The van der Waals surface area contributed by atoms with E-state index < -0.39 is 0 Å². The Bertz CT molecular complexity index is 1030. The van der Waals surface area contributed by atoms with Crippen LogP contribution in [0.1, 0.15) is 21.9 Å². The van der Waals surface area contributed by atoms with Crippen molar-refractivity contribution in [3.63, 3.8) is 0 Å². The number of amides is 1. The highest BCUT2D eigenvalue weighted by Gasteiger charge is 2.14. The highest BCUT2D eigenvalue weighted by Crippen LogP contribution is 2.24. The van der Waals surface area contributed by atoms with Gasteiger partial charge in [0.05, 0.1) is 18.4 Å². The van der Waals surface area contributed by atoms with E-state index in [9.17, 15) is 4.79 Å². The van der Waals surface area contributed by atoms with Crippen molar-refractivity contribution in [2.45, 2.75) is 13.5 Å². The number of hydrogen-bond acceptors (Lipinski definition) is 6. The minimum atomic E-state index is -0.247. The van der Waals surface area contributed by atoms with Crippen molar-refractivity contribution in [3.8, 4) is 16.3 Å². The van der Waals surface area contributed by atoms with Crippen LogP contribution in [0.3, 0.4) is 0 Å². The molecule has 0 bridgehead atoms. The summed E-state index contributed by atoms with van der Waals surface area (Å²) in [6.07, 6.45) is 3.64. The standard InChI is InChI=1S/C18H15N5O2S/c1-12-7-14(22-25-12)9-19-17(24)16-11-26-18(21-16)13-8-20-23(10-13)15-5-3-2-4-6-15/h2-8,10-11H,9H2,1H3,(H,19,24). The molecular weight excluding hydrogens is 350 g/mol. The Balaban J connectivity index is 1.46. The molecule has 3 aromatic heterocycles. The van der Waals surface area contributed by atoms with Gasteiger partial charge in [0.25, 0.3) is 5.91 Å². The Labute approximate surface area is 153 Å². The van der Waals surface area contributed by atoms with E-state index in [1.54, 1.807) is 29.2 Å². The number of thiazole rings is 1. The topological polar surface area (TPSA) is 85.8 Å². The molecule has 0 aliphatic heterocycles. The summed E-state index contributed by atoms with van der Waals surface area (Å²) in [4.78, 5) is 16.7. The van der Waals surface area contributed by atoms with Gasteiger partial charge in [-0.1, -0.05) is 23.4 Å². The molecule has 0 unspecified atom stereocenters. The lowest BCUT2D eigenvalue weighted by atomic mass is 10.3. The first-order valence-corrected chi connectivity index (χ1v) is 8.83. The Morgan fingerprint density at radius 1 is 1.31 bits per heavy atom. The minimum absolute atomic E-state index is 0.247. The van der Waals surface area contributed by atoms with Gasteiger partial charge in [0.1, 0.15) is 22.2 Å². The van der Waals surface area contributed by atoms with Crippen molar-refractivity contribution in [3.05, 3.63) is 71.3 Å². The van der Waals surface area contributed by atoms with Gasteiger partial charge < -0.3 is 9.84 Å². The third kappa shape index (κ3) is 3.40. The maximum absolute atomic E-state index is 12.2. The van der Waals surface area contributed by atoms with Crippen LogP contribution in [0.5, 0.6) is 0 Å². The second-order valence-corrected chi connectivity index (χ2v) is 6.52. The largest absolute Gasteiger partial charge is 0.361 e. The average molecular weight is 365 g/mol. The van der Waals surface area contributed by atoms with E-state index in [-0.39, 0.29) is 5.91 Å². The summed E-state index contributed by atoms with van der Waals surface area (Å²) in [5.41, 5.74) is 2.88. The smallest absolute Gasteiger partial charge is 0.271 e. The average Bonchev–Trinajstić information content (AvgIpc) is 3.40. The molecule has 1 N–H and O–H groups in total. The second-order valence-electron chi connectivity index (χ2n) is 5.66. The number of carbonyl (C=O) groups is 1. The maximum Gasteiger partial charge on any atom is 0.271 e. The van der Waals surface area contributed by atoms with Gasteiger partial charge in [-0.3, -0.25) is 4.79 Å². The second kappa shape index (κ2) is 6.93. The predicted octanol–water partition coefficient (Wildman–Crippen LogP) is 3.22. The molecule has 0 saturated heterocycles. The molecule has 0 aliphatic carbocycles. The van der Waals surface area contributed by atoms with Crippen LogP contribution in [-0.2, 0) is 6.54 Å². The molecule has 1 amide bonds. The number of rotatable bonds is 5. The first-order valence-electron chi connectivity index (χ1n) is 7.95. The number of aromatic nitrogens is 4. The Kier molecular flexibility index (Phi) is 4.32. The molecular formula is C18H15N5O2S. The van der Waals surface area contributed by atoms with E-state index >= 15 is 0 Å². The van der Waals surface area contributed by atoms with E-state index in [1.165, 1.54) is 11.3 Å². The van der Waals surface area contributed by atoms with Gasteiger partial charge in [0.15, 0.2) is 0 Å². The van der Waals surface area contributed by atoms with Gasteiger partial charge in [0.2, 0.25) is 0 Å². The molecule has 3 heterocycles. The monoisotopic (exact) mass is 365 g/mol. The molecule has 0 atom stereocenters. The lowest BCUT2D eigenvalue weighted by Crippen LogP contribution is -2.23. The number of aryl methyl sites for hydroxylation is 1. The Morgan fingerprint density at radius 2 is 2.15 bits per heavy atom. The summed E-state index contributed by atoms with van der Waals surface area (Å²) in [6, 6.07) is 11.6. The van der Waals surface area contributed by atoms with Crippen LogP contribution < -0.4 is 5.32 Å². The van der Waals surface area contributed by atoms with Crippen LogP contribution in [0, 0.1) is 6.92 Å². The fraction of sp³-hybridized carbons (Fsp3) is 0.111. The number of hydrogen-bond donors (Lipinski definition) is 1. The van der Waals surface area contributed by atoms with Gasteiger partial charge in [-0.05, 0) is 19.1 Å². The fourth-order valence-electron chi connectivity index (χ4n) is 2.43. The summed E-state index contributed by atoms with van der Waals surface area (Å²) in [5, 5.41) is 13.5. The van der Waals surface area contributed by atoms with Crippen LogP contribution in [0.4, 0.5) is 0 Å². The first kappa shape index (κ1) is 16.2. The van der Waals surface area contributed by atoms with Gasteiger partial charge in [0, 0.05) is 23.2 Å². The van der Waals surface area contributed by atoms with Crippen molar-refractivity contribution < 1.29 is 9.32 Å². The van der Waals surface area contributed by atoms with Gasteiger partial charge >= 0.3 is 0 Å². The van der Waals surface area contributed by atoms with Crippen molar-refractivity contribution in [2.24, 2.45) is 0 Å². The van der Waals surface area contributed by atoms with E-state index in [2.05, 4.69) is 20.6 Å². The summed E-state index contributed by atoms with van der Waals surface area (Å²) in [7, 11) is 0. The van der Waals surface area contributed by atoms with Crippen LogP contribution in [-0.4, -0.2) is 25.8 Å². The molecule has 8 heteroatoms. The highest BCUT2D eigenvalue weighted by molar-refractivity contribution is 7.13. The van der Waals surface area contributed by atoms with Gasteiger partial charge in [-0.15, -0.1) is 11.3 Å². The summed E-state index contributed by atoms with van der Waals surface area (Å²) >= 11 is 1.41. The normalized spacial score (nSPS) is 10.8. The lowest BCUT2D eigenvalue weighted by Gasteiger charge is -1.99. The molecule has 0 aliphatic rings. The summed E-state index contributed by atoms with van der Waals surface area (Å²) in [5.74, 6) is 0.462. The molecule has 130 valence electrons. The van der Waals surface area contributed by atoms with Crippen molar-refractivity contribution in [1.29, 1.82) is 0 Å². The molecule has 4 aromatic rings. The van der Waals surface area contributed by atoms with E-state index in [1.807, 2.05) is 36.5 Å². The SMILES string of the molecule is Cc1cc(CNC(=O)c2csc(-c3cnn(-c4ccccc4)c3)n2)no1. The maximum atomic E-state index is 12.2. The van der Waals surface area contributed by atoms with E-state index in [0.717, 1.165) is 16.3 Å². The third-order valence-electron chi connectivity index (χ3n) is 3.69. The Hall–Kier alpha value is -3.26.